The Kier molecular flexibility index (Phi) is 5.92. The van der Waals surface area contributed by atoms with E-state index in [0.29, 0.717) is 11.3 Å². The molecule has 126 valence electrons. The van der Waals surface area contributed by atoms with Crippen LogP contribution in [0, 0.1) is 0 Å². The molecule has 0 aliphatic carbocycles. The second-order valence-corrected chi connectivity index (χ2v) is 5.33. The zero-order valence-electron chi connectivity index (χ0n) is 13.7. The van der Waals surface area contributed by atoms with Crippen molar-refractivity contribution < 1.29 is 14.3 Å². The molecule has 2 aromatic carbocycles. The van der Waals surface area contributed by atoms with Crippen molar-refractivity contribution in [1.29, 1.82) is 0 Å². The van der Waals surface area contributed by atoms with Gasteiger partial charge in [0, 0.05) is 22.9 Å². The van der Waals surface area contributed by atoms with Gasteiger partial charge in [-0.1, -0.05) is 18.2 Å². The number of primary amides is 1. The van der Waals surface area contributed by atoms with Crippen LogP contribution >= 0.6 is 0 Å². The number of nitrogens with two attached hydrogens (primary N) is 1. The van der Waals surface area contributed by atoms with Crippen LogP contribution in [0.4, 0.5) is 5.69 Å². The Balaban J connectivity index is 1.89. The Morgan fingerprint density at radius 3 is 2.42 bits per heavy atom. The van der Waals surface area contributed by atoms with Crippen LogP contribution in [0.1, 0.15) is 28.9 Å². The molecule has 0 saturated carbocycles. The van der Waals surface area contributed by atoms with Crippen molar-refractivity contribution in [2.24, 2.45) is 5.73 Å². The Labute approximate surface area is 141 Å². The van der Waals surface area contributed by atoms with E-state index in [4.69, 9.17) is 10.5 Å². The molecule has 0 radical (unpaired) electrons. The summed E-state index contributed by atoms with van der Waals surface area (Å²) in [7, 11) is 1.62. The quantitative estimate of drug-likeness (QED) is 0.726. The summed E-state index contributed by atoms with van der Waals surface area (Å²) in [6.07, 6.45) is 0. The lowest BCUT2D eigenvalue weighted by atomic mass is 10.1. The Morgan fingerprint density at radius 1 is 1.12 bits per heavy atom. The highest BCUT2D eigenvalue weighted by molar-refractivity contribution is 5.95. The summed E-state index contributed by atoms with van der Waals surface area (Å²) >= 11 is 0. The number of carbonyl (C=O) groups excluding carboxylic acids is 2. The second-order valence-electron chi connectivity index (χ2n) is 5.33. The van der Waals surface area contributed by atoms with Gasteiger partial charge >= 0.3 is 0 Å². The lowest BCUT2D eigenvalue weighted by molar-refractivity contribution is -0.115. The summed E-state index contributed by atoms with van der Waals surface area (Å²) in [6, 6.07) is 14.1. The number of para-hydroxylation sites is 1. The van der Waals surface area contributed by atoms with E-state index < -0.39 is 5.91 Å². The van der Waals surface area contributed by atoms with Crippen molar-refractivity contribution in [3.8, 4) is 5.75 Å². The first-order chi connectivity index (χ1) is 11.5. The fourth-order valence-corrected chi connectivity index (χ4v) is 2.30. The minimum absolute atomic E-state index is 0.0378. The van der Waals surface area contributed by atoms with E-state index >= 15 is 0 Å². The number of benzene rings is 2. The van der Waals surface area contributed by atoms with Gasteiger partial charge < -0.3 is 21.1 Å². The topological polar surface area (TPSA) is 93.4 Å². The Bertz CT molecular complexity index is 714. The summed E-state index contributed by atoms with van der Waals surface area (Å²) < 4.78 is 5.32. The van der Waals surface area contributed by atoms with Gasteiger partial charge in [-0.2, -0.15) is 0 Å². The average molecular weight is 327 g/mol. The molecule has 0 unspecified atom stereocenters. The summed E-state index contributed by atoms with van der Waals surface area (Å²) in [5.41, 5.74) is 7.17. The van der Waals surface area contributed by atoms with E-state index in [2.05, 4.69) is 10.6 Å². The number of carbonyl (C=O) groups is 2. The molecule has 6 heteroatoms. The number of hydrogen-bond donors (Lipinski definition) is 3. The molecular formula is C18H21N3O3. The van der Waals surface area contributed by atoms with Crippen LogP contribution < -0.4 is 21.1 Å². The minimum atomic E-state index is -0.500. The standard InChI is InChI=1S/C18H21N3O3/c1-12(15-5-3-4-6-16(15)24-2)20-11-17(22)21-14-9-7-13(8-10-14)18(19)23/h3-10,12,20H,11H2,1-2H3,(H2,19,23)(H,21,22)/t12-/m0/s1. The monoisotopic (exact) mass is 327 g/mol. The van der Waals surface area contributed by atoms with E-state index in [0.717, 1.165) is 11.3 Å². The van der Waals surface area contributed by atoms with Gasteiger partial charge in [0.2, 0.25) is 11.8 Å². The number of nitrogens with one attached hydrogen (secondary N) is 2. The summed E-state index contributed by atoms with van der Waals surface area (Å²) in [4.78, 5) is 23.0. The van der Waals surface area contributed by atoms with Gasteiger partial charge in [0.05, 0.1) is 13.7 Å². The third kappa shape index (κ3) is 4.57. The fourth-order valence-electron chi connectivity index (χ4n) is 2.30. The van der Waals surface area contributed by atoms with Crippen LogP contribution in [0.3, 0.4) is 0 Å². The molecule has 24 heavy (non-hydrogen) atoms. The van der Waals surface area contributed by atoms with Gasteiger partial charge in [-0.05, 0) is 37.3 Å². The number of hydrogen-bond acceptors (Lipinski definition) is 4. The lowest BCUT2D eigenvalue weighted by Gasteiger charge is -2.17. The molecule has 2 rings (SSSR count). The van der Waals surface area contributed by atoms with Crippen molar-refractivity contribution in [1.82, 2.24) is 5.32 Å². The molecule has 0 aliphatic rings. The van der Waals surface area contributed by atoms with Gasteiger partial charge in [0.25, 0.3) is 0 Å². The second kappa shape index (κ2) is 8.12. The fraction of sp³-hybridized carbons (Fsp3) is 0.222. The number of methoxy groups -OCH3 is 1. The zero-order chi connectivity index (χ0) is 17.5. The van der Waals surface area contributed by atoms with Crippen LogP contribution in [-0.2, 0) is 4.79 Å². The molecule has 0 fully saturated rings. The van der Waals surface area contributed by atoms with Gasteiger partial charge in [0.15, 0.2) is 0 Å². The first-order valence-corrected chi connectivity index (χ1v) is 7.57. The zero-order valence-corrected chi connectivity index (χ0v) is 13.7. The SMILES string of the molecule is COc1ccccc1[C@H](C)NCC(=O)Nc1ccc(C(N)=O)cc1. The molecule has 0 spiro atoms. The molecule has 4 N–H and O–H groups in total. The van der Waals surface area contributed by atoms with Crippen molar-refractivity contribution in [3.63, 3.8) is 0 Å². The molecule has 0 aromatic heterocycles. The predicted octanol–water partition coefficient (Wildman–Crippen LogP) is 2.08. The van der Waals surface area contributed by atoms with Gasteiger partial charge in [0.1, 0.15) is 5.75 Å². The van der Waals surface area contributed by atoms with Crippen LogP contribution in [0.25, 0.3) is 0 Å². The Hall–Kier alpha value is -2.86. The Morgan fingerprint density at radius 2 is 1.79 bits per heavy atom. The maximum atomic E-state index is 12.0. The van der Waals surface area contributed by atoms with Crippen LogP contribution in [0.2, 0.25) is 0 Å². The maximum absolute atomic E-state index is 12.0. The van der Waals surface area contributed by atoms with Crippen molar-refractivity contribution in [2.75, 3.05) is 19.0 Å². The van der Waals surface area contributed by atoms with Crippen LogP contribution in [-0.4, -0.2) is 25.5 Å². The highest BCUT2D eigenvalue weighted by Crippen LogP contribution is 2.24. The molecule has 0 heterocycles. The molecular weight excluding hydrogens is 306 g/mol. The molecule has 0 aliphatic heterocycles. The first kappa shape index (κ1) is 17.5. The van der Waals surface area contributed by atoms with Crippen molar-refractivity contribution in [2.45, 2.75) is 13.0 Å². The van der Waals surface area contributed by atoms with Crippen molar-refractivity contribution >= 4 is 17.5 Å². The van der Waals surface area contributed by atoms with Gasteiger partial charge in [-0.25, -0.2) is 0 Å². The number of rotatable bonds is 7. The first-order valence-electron chi connectivity index (χ1n) is 7.57. The van der Waals surface area contributed by atoms with E-state index in [-0.39, 0.29) is 18.5 Å². The van der Waals surface area contributed by atoms with Crippen LogP contribution in [0.15, 0.2) is 48.5 Å². The predicted molar refractivity (Wildman–Crippen MR) is 93.0 cm³/mol. The molecule has 2 aromatic rings. The van der Waals surface area contributed by atoms with E-state index in [1.807, 2.05) is 31.2 Å². The summed E-state index contributed by atoms with van der Waals surface area (Å²) in [5, 5.41) is 5.92. The highest BCUT2D eigenvalue weighted by atomic mass is 16.5. The molecule has 0 saturated heterocycles. The maximum Gasteiger partial charge on any atom is 0.248 e. The normalized spacial score (nSPS) is 11.6. The average Bonchev–Trinajstić information content (AvgIpc) is 2.60. The van der Waals surface area contributed by atoms with Gasteiger partial charge in [-0.15, -0.1) is 0 Å². The summed E-state index contributed by atoms with van der Waals surface area (Å²) in [5.74, 6) is 0.101. The molecule has 6 nitrogen and oxygen atoms in total. The lowest BCUT2D eigenvalue weighted by Crippen LogP contribution is -2.30. The smallest absolute Gasteiger partial charge is 0.248 e. The van der Waals surface area contributed by atoms with E-state index in [1.54, 1.807) is 31.4 Å². The molecule has 0 bridgehead atoms. The molecule has 1 atom stereocenters. The third-order valence-electron chi connectivity index (χ3n) is 3.63. The molecule has 2 amide bonds. The summed E-state index contributed by atoms with van der Waals surface area (Å²) in [6.45, 7) is 2.11. The number of anilines is 1. The number of ether oxygens (including phenoxy) is 1. The van der Waals surface area contributed by atoms with Gasteiger partial charge in [-0.3, -0.25) is 9.59 Å². The minimum Gasteiger partial charge on any atom is -0.496 e. The van der Waals surface area contributed by atoms with Crippen LogP contribution in [0.5, 0.6) is 5.75 Å². The highest BCUT2D eigenvalue weighted by Gasteiger charge is 2.12. The third-order valence-corrected chi connectivity index (χ3v) is 3.63. The van der Waals surface area contributed by atoms with Crippen molar-refractivity contribution in [3.05, 3.63) is 59.7 Å². The largest absolute Gasteiger partial charge is 0.496 e. The van der Waals surface area contributed by atoms with E-state index in [1.165, 1.54) is 0 Å². The van der Waals surface area contributed by atoms with E-state index in [9.17, 15) is 9.59 Å². The number of amides is 2.